The van der Waals surface area contributed by atoms with Gasteiger partial charge in [0.05, 0.1) is 24.5 Å². The molecule has 1 amide bonds. The minimum Gasteiger partial charge on any atom is -0.311 e. The topological polar surface area (TPSA) is 63.1 Å². The zero-order valence-electron chi connectivity index (χ0n) is 16.6. The fourth-order valence-electron chi connectivity index (χ4n) is 3.93. The van der Waals surface area contributed by atoms with Gasteiger partial charge in [-0.2, -0.15) is 5.10 Å². The van der Waals surface area contributed by atoms with Gasteiger partial charge in [0.15, 0.2) is 0 Å². The first-order chi connectivity index (χ1) is 14.7. The first-order valence-corrected chi connectivity index (χ1v) is 11.3. The van der Waals surface area contributed by atoms with Gasteiger partial charge in [0.25, 0.3) is 0 Å². The Hall–Kier alpha value is -2.58. The lowest BCUT2D eigenvalue weighted by Crippen LogP contribution is -2.35. The second-order valence-electron chi connectivity index (χ2n) is 8.07. The molecule has 2 aromatic heterocycles. The van der Waals surface area contributed by atoms with Crippen LogP contribution in [0.3, 0.4) is 0 Å². The van der Waals surface area contributed by atoms with Crippen molar-refractivity contribution in [3.63, 3.8) is 0 Å². The van der Waals surface area contributed by atoms with E-state index in [1.165, 1.54) is 12.1 Å². The van der Waals surface area contributed by atoms with Crippen LogP contribution in [0.15, 0.2) is 41.9 Å². The maximum atomic E-state index is 13.1. The van der Waals surface area contributed by atoms with E-state index in [9.17, 15) is 9.18 Å². The number of carbonyl (C=O) groups is 1. The highest BCUT2D eigenvalue weighted by Crippen LogP contribution is 2.32. The Balaban J connectivity index is 1.17. The zero-order valence-corrected chi connectivity index (χ0v) is 17.4. The van der Waals surface area contributed by atoms with E-state index in [1.807, 2.05) is 16.1 Å². The summed E-state index contributed by atoms with van der Waals surface area (Å²) in [6.07, 6.45) is 5.74. The van der Waals surface area contributed by atoms with Crippen molar-refractivity contribution in [2.45, 2.75) is 38.3 Å². The molecule has 3 heterocycles. The smallest absolute Gasteiger partial charge is 0.228 e. The molecule has 0 radical (unpaired) electrons. The molecule has 156 valence electrons. The highest BCUT2D eigenvalue weighted by atomic mass is 32.1. The van der Waals surface area contributed by atoms with Crippen molar-refractivity contribution in [2.75, 3.05) is 18.4 Å². The largest absolute Gasteiger partial charge is 0.311 e. The molecule has 30 heavy (non-hydrogen) atoms. The summed E-state index contributed by atoms with van der Waals surface area (Å²) in [4.78, 5) is 19.2. The van der Waals surface area contributed by atoms with Crippen molar-refractivity contribution in [1.29, 1.82) is 0 Å². The third-order valence-corrected chi connectivity index (χ3v) is 6.66. The minimum absolute atomic E-state index is 0.120. The first kappa shape index (κ1) is 19.4. The summed E-state index contributed by atoms with van der Waals surface area (Å²) in [6.45, 7) is 2.75. The van der Waals surface area contributed by atoms with Gasteiger partial charge in [0, 0.05) is 36.0 Å². The number of rotatable bonds is 6. The van der Waals surface area contributed by atoms with Crippen molar-refractivity contribution in [3.05, 3.63) is 52.7 Å². The summed E-state index contributed by atoms with van der Waals surface area (Å²) >= 11 is 1.65. The van der Waals surface area contributed by atoms with Crippen LogP contribution in [-0.4, -0.2) is 38.7 Å². The summed E-state index contributed by atoms with van der Waals surface area (Å²) in [5.74, 6) is 0.891. The number of piperidine rings is 1. The van der Waals surface area contributed by atoms with E-state index in [4.69, 9.17) is 4.98 Å². The first-order valence-electron chi connectivity index (χ1n) is 10.4. The number of aromatic nitrogens is 3. The van der Waals surface area contributed by atoms with E-state index in [2.05, 4.69) is 15.3 Å². The molecule has 5 rings (SSSR count). The molecule has 1 aromatic carbocycles. The van der Waals surface area contributed by atoms with E-state index in [0.717, 1.165) is 67.4 Å². The molecule has 1 aliphatic carbocycles. The molecule has 0 bridgehead atoms. The molecule has 1 saturated carbocycles. The molecule has 0 spiro atoms. The van der Waals surface area contributed by atoms with E-state index in [0.29, 0.717) is 6.04 Å². The molecule has 1 N–H and O–H groups in total. The van der Waals surface area contributed by atoms with Crippen LogP contribution in [0.4, 0.5) is 10.2 Å². The predicted octanol–water partition coefficient (Wildman–Crippen LogP) is 4.33. The predicted molar refractivity (Wildman–Crippen MR) is 115 cm³/mol. The van der Waals surface area contributed by atoms with Gasteiger partial charge in [-0.25, -0.2) is 14.1 Å². The number of likely N-dealkylation sites (tertiary alicyclic amines) is 1. The third kappa shape index (κ3) is 4.29. The number of hydrogen-bond donors (Lipinski definition) is 1. The van der Waals surface area contributed by atoms with E-state index < -0.39 is 0 Å². The van der Waals surface area contributed by atoms with Crippen LogP contribution in [0.5, 0.6) is 0 Å². The molecule has 1 aliphatic heterocycles. The van der Waals surface area contributed by atoms with Crippen molar-refractivity contribution < 1.29 is 9.18 Å². The van der Waals surface area contributed by atoms with Gasteiger partial charge >= 0.3 is 0 Å². The van der Waals surface area contributed by atoms with Crippen LogP contribution in [0, 0.1) is 11.7 Å². The lowest BCUT2D eigenvalue weighted by Gasteiger charge is -2.32. The van der Waals surface area contributed by atoms with Gasteiger partial charge in [0.1, 0.15) is 16.6 Å². The van der Waals surface area contributed by atoms with Crippen molar-refractivity contribution in [2.24, 2.45) is 5.92 Å². The number of amides is 1. The Morgan fingerprint density at radius 1 is 1.13 bits per heavy atom. The fraction of sp³-hybridized carbons (Fsp3) is 0.409. The molecule has 0 atom stereocenters. The van der Waals surface area contributed by atoms with E-state index >= 15 is 0 Å². The van der Waals surface area contributed by atoms with Gasteiger partial charge in [0.2, 0.25) is 5.91 Å². The Kier molecular flexibility index (Phi) is 5.35. The van der Waals surface area contributed by atoms with Crippen LogP contribution < -0.4 is 5.32 Å². The van der Waals surface area contributed by atoms with Gasteiger partial charge in [-0.05, 0) is 49.9 Å². The van der Waals surface area contributed by atoms with Gasteiger partial charge < -0.3 is 5.32 Å². The average molecular weight is 426 g/mol. The normalized spacial score (nSPS) is 17.9. The number of hydrogen-bond acceptors (Lipinski definition) is 5. The highest BCUT2D eigenvalue weighted by Gasteiger charge is 2.31. The monoisotopic (exact) mass is 425 g/mol. The molecule has 2 aliphatic rings. The quantitative estimate of drug-likeness (QED) is 0.639. The summed E-state index contributed by atoms with van der Waals surface area (Å²) in [6, 6.07) is 8.66. The molecular weight excluding hydrogens is 401 g/mol. The zero-order chi connectivity index (χ0) is 20.5. The van der Waals surface area contributed by atoms with Gasteiger partial charge in [-0.1, -0.05) is 0 Å². The van der Waals surface area contributed by atoms with Crippen molar-refractivity contribution >= 4 is 23.1 Å². The van der Waals surface area contributed by atoms with Crippen LogP contribution >= 0.6 is 11.3 Å². The molecule has 1 saturated heterocycles. The van der Waals surface area contributed by atoms with Crippen molar-refractivity contribution in [3.8, 4) is 11.3 Å². The average Bonchev–Trinajstić information content (AvgIpc) is 3.35. The number of nitrogens with one attached hydrogen (secondary N) is 1. The van der Waals surface area contributed by atoms with Crippen molar-refractivity contribution in [1.82, 2.24) is 19.7 Å². The lowest BCUT2D eigenvalue weighted by atomic mass is 10.1. The second kappa shape index (κ2) is 8.28. The molecule has 8 heteroatoms. The van der Waals surface area contributed by atoms with Crippen LogP contribution in [-0.2, 0) is 11.3 Å². The molecular formula is C22H24FN5OS. The van der Waals surface area contributed by atoms with E-state index in [-0.39, 0.29) is 17.6 Å². The summed E-state index contributed by atoms with van der Waals surface area (Å²) in [5, 5.41) is 10.6. The molecule has 3 aromatic rings. The van der Waals surface area contributed by atoms with Crippen LogP contribution in [0.25, 0.3) is 11.3 Å². The summed E-state index contributed by atoms with van der Waals surface area (Å²) < 4.78 is 15.1. The minimum atomic E-state index is -0.232. The lowest BCUT2D eigenvalue weighted by molar-refractivity contribution is -0.117. The summed E-state index contributed by atoms with van der Waals surface area (Å²) in [5.41, 5.74) is 1.84. The van der Waals surface area contributed by atoms with Gasteiger partial charge in [-0.3, -0.25) is 9.69 Å². The number of halogens is 1. The number of nitrogens with zero attached hydrogens (tertiary/aromatic N) is 4. The highest BCUT2D eigenvalue weighted by molar-refractivity contribution is 7.09. The second-order valence-corrected chi connectivity index (χ2v) is 9.01. The van der Waals surface area contributed by atoms with Crippen LogP contribution in [0.2, 0.25) is 0 Å². The maximum Gasteiger partial charge on any atom is 0.228 e. The summed E-state index contributed by atoms with van der Waals surface area (Å²) in [7, 11) is 0. The molecule has 2 fully saturated rings. The standard InChI is InChI=1S/C22H24FN5OS/c23-17-5-3-15(4-6-17)19-14-30-21(25-19)13-27-11-8-18(9-12-27)28-20(7-10-24-28)26-22(29)16-1-2-16/h3-7,10,14,16,18H,1-2,8-9,11-13H2,(H,26,29). The number of thiazole rings is 1. The Bertz CT molecular complexity index is 1020. The Morgan fingerprint density at radius 3 is 2.63 bits per heavy atom. The fourth-order valence-corrected chi connectivity index (χ4v) is 4.77. The van der Waals surface area contributed by atoms with Crippen LogP contribution in [0.1, 0.15) is 36.7 Å². The van der Waals surface area contributed by atoms with E-state index in [1.54, 1.807) is 29.7 Å². The molecule has 6 nitrogen and oxygen atoms in total. The Labute approximate surface area is 178 Å². The van der Waals surface area contributed by atoms with Gasteiger partial charge in [-0.15, -0.1) is 11.3 Å². The maximum absolute atomic E-state index is 13.1. The number of carbonyl (C=O) groups excluding carboxylic acids is 1. The number of benzene rings is 1. The third-order valence-electron chi connectivity index (χ3n) is 5.82. The SMILES string of the molecule is O=C(Nc1ccnn1C1CCN(Cc2nc(-c3ccc(F)cc3)cs2)CC1)C1CC1. The number of anilines is 1. The molecule has 0 unspecified atom stereocenters. The Morgan fingerprint density at radius 2 is 1.90 bits per heavy atom.